The van der Waals surface area contributed by atoms with Crippen molar-refractivity contribution in [3.05, 3.63) is 18.5 Å². The monoisotopic (exact) mass is 420 g/mol. The summed E-state index contributed by atoms with van der Waals surface area (Å²) in [6.07, 6.45) is 4.19. The average molecular weight is 421 g/mol. The molecule has 168 valence electrons. The Morgan fingerprint density at radius 2 is 1.70 bits per heavy atom. The second-order valence-electron chi connectivity index (χ2n) is 8.09. The number of aliphatic imine (C=N–C) groups is 1. The van der Waals surface area contributed by atoms with E-state index in [1.54, 1.807) is 19.4 Å². The molecule has 1 aromatic heterocycles. The summed E-state index contributed by atoms with van der Waals surface area (Å²) >= 11 is 0. The highest BCUT2D eigenvalue weighted by Gasteiger charge is 2.18. The van der Waals surface area contributed by atoms with Crippen LogP contribution in [0.1, 0.15) is 27.2 Å². The third-order valence-corrected chi connectivity index (χ3v) is 4.46. The average Bonchev–Trinajstić information content (AvgIpc) is 2.72. The number of ether oxygens (including phenoxy) is 1. The van der Waals surface area contributed by atoms with Gasteiger partial charge in [0, 0.05) is 65.3 Å². The molecule has 3 N–H and O–H groups in total. The van der Waals surface area contributed by atoms with Crippen molar-refractivity contribution in [1.82, 2.24) is 30.8 Å². The number of anilines is 1. The van der Waals surface area contributed by atoms with Crippen molar-refractivity contribution in [2.75, 3.05) is 64.3 Å². The first-order chi connectivity index (χ1) is 14.4. The van der Waals surface area contributed by atoms with Crippen molar-refractivity contribution in [3.63, 3.8) is 0 Å². The van der Waals surface area contributed by atoms with Gasteiger partial charge in [-0.15, -0.1) is 0 Å². The Labute approximate surface area is 179 Å². The number of rotatable bonds is 8. The Hall–Kier alpha value is -2.62. The smallest absolute Gasteiger partial charge is 0.407 e. The number of amides is 1. The van der Waals surface area contributed by atoms with Gasteiger partial charge in [0.25, 0.3) is 0 Å². The summed E-state index contributed by atoms with van der Waals surface area (Å²) in [5, 5.41) is 9.21. The lowest BCUT2D eigenvalue weighted by Crippen LogP contribution is -2.48. The second-order valence-corrected chi connectivity index (χ2v) is 8.09. The first kappa shape index (κ1) is 23.7. The summed E-state index contributed by atoms with van der Waals surface area (Å²) in [5.41, 5.74) is -0.489. The highest BCUT2D eigenvalue weighted by atomic mass is 16.6. The standard InChI is InChI=1S/C20H36N8O2/c1-20(2,3)30-19(29)26-11-10-23-17(21-4)22-9-6-12-27-13-15-28(16-14-27)18-24-7-5-8-25-18/h5,7-8H,6,9-16H2,1-4H3,(H,26,29)(H2,21,22,23). The Morgan fingerprint density at radius 3 is 2.33 bits per heavy atom. The third kappa shape index (κ3) is 9.25. The summed E-state index contributed by atoms with van der Waals surface area (Å²) in [6, 6.07) is 1.84. The molecule has 1 aliphatic rings. The second kappa shape index (κ2) is 12.2. The fraction of sp³-hybridized carbons (Fsp3) is 0.700. The molecule has 1 fully saturated rings. The summed E-state index contributed by atoms with van der Waals surface area (Å²) in [6.45, 7) is 12.4. The zero-order valence-electron chi connectivity index (χ0n) is 18.6. The van der Waals surface area contributed by atoms with Gasteiger partial charge in [0.1, 0.15) is 5.60 Å². The first-order valence-corrected chi connectivity index (χ1v) is 10.5. The van der Waals surface area contributed by atoms with E-state index in [9.17, 15) is 4.79 Å². The molecular weight excluding hydrogens is 384 g/mol. The van der Waals surface area contributed by atoms with Crippen molar-refractivity contribution in [2.24, 2.45) is 4.99 Å². The lowest BCUT2D eigenvalue weighted by atomic mass is 10.2. The van der Waals surface area contributed by atoms with Crippen LogP contribution in [-0.4, -0.2) is 91.9 Å². The lowest BCUT2D eigenvalue weighted by molar-refractivity contribution is 0.0529. The van der Waals surface area contributed by atoms with Crippen molar-refractivity contribution in [2.45, 2.75) is 32.8 Å². The number of carbonyl (C=O) groups is 1. The van der Waals surface area contributed by atoms with Crippen LogP contribution in [0, 0.1) is 0 Å². The first-order valence-electron chi connectivity index (χ1n) is 10.5. The van der Waals surface area contributed by atoms with Crippen molar-refractivity contribution in [1.29, 1.82) is 0 Å². The maximum atomic E-state index is 11.6. The van der Waals surface area contributed by atoms with Crippen LogP contribution in [0.3, 0.4) is 0 Å². The van der Waals surface area contributed by atoms with E-state index in [0.717, 1.165) is 57.6 Å². The van der Waals surface area contributed by atoms with Crippen LogP contribution in [0.4, 0.5) is 10.7 Å². The predicted molar refractivity (Wildman–Crippen MR) is 119 cm³/mol. The summed E-state index contributed by atoms with van der Waals surface area (Å²) in [5.74, 6) is 1.54. The number of nitrogens with zero attached hydrogens (tertiary/aromatic N) is 5. The molecule has 0 saturated carbocycles. The van der Waals surface area contributed by atoms with Gasteiger partial charge in [0.2, 0.25) is 5.95 Å². The molecule has 0 aliphatic carbocycles. The van der Waals surface area contributed by atoms with E-state index < -0.39 is 11.7 Å². The molecule has 0 unspecified atom stereocenters. The van der Waals surface area contributed by atoms with E-state index in [4.69, 9.17) is 4.74 Å². The van der Waals surface area contributed by atoms with Gasteiger partial charge in [-0.25, -0.2) is 14.8 Å². The molecule has 10 nitrogen and oxygen atoms in total. The number of alkyl carbamates (subject to hydrolysis) is 1. The van der Waals surface area contributed by atoms with E-state index in [1.807, 2.05) is 26.8 Å². The Bertz CT molecular complexity index is 655. The molecule has 0 radical (unpaired) electrons. The molecule has 1 amide bonds. The number of hydrogen-bond acceptors (Lipinski definition) is 7. The normalized spacial score (nSPS) is 15.6. The third-order valence-electron chi connectivity index (χ3n) is 4.46. The molecular formula is C20H36N8O2. The number of hydrogen-bond donors (Lipinski definition) is 3. The van der Waals surface area contributed by atoms with Crippen LogP contribution in [0.5, 0.6) is 0 Å². The van der Waals surface area contributed by atoms with Gasteiger partial charge in [-0.3, -0.25) is 9.89 Å². The van der Waals surface area contributed by atoms with Crippen LogP contribution < -0.4 is 20.9 Å². The van der Waals surface area contributed by atoms with E-state index >= 15 is 0 Å². The van der Waals surface area contributed by atoms with Crippen LogP contribution in [0.2, 0.25) is 0 Å². The quantitative estimate of drug-likeness (QED) is 0.320. The Morgan fingerprint density at radius 1 is 1.07 bits per heavy atom. The summed E-state index contributed by atoms with van der Waals surface area (Å²) < 4.78 is 5.20. The molecule has 0 spiro atoms. The molecule has 1 saturated heterocycles. The van der Waals surface area contributed by atoms with E-state index in [0.29, 0.717) is 13.1 Å². The molecule has 2 rings (SSSR count). The van der Waals surface area contributed by atoms with Gasteiger partial charge in [0.15, 0.2) is 5.96 Å². The van der Waals surface area contributed by atoms with Gasteiger partial charge in [-0.1, -0.05) is 0 Å². The molecule has 0 bridgehead atoms. The number of piperazine rings is 1. The maximum absolute atomic E-state index is 11.6. The lowest BCUT2D eigenvalue weighted by Gasteiger charge is -2.34. The number of aromatic nitrogens is 2. The van der Waals surface area contributed by atoms with Crippen LogP contribution in [0.15, 0.2) is 23.5 Å². The molecule has 1 aliphatic heterocycles. The van der Waals surface area contributed by atoms with Gasteiger partial charge < -0.3 is 25.6 Å². The minimum absolute atomic E-state index is 0.411. The fourth-order valence-electron chi connectivity index (χ4n) is 3.02. The zero-order valence-corrected chi connectivity index (χ0v) is 18.6. The number of nitrogens with one attached hydrogen (secondary N) is 3. The fourth-order valence-corrected chi connectivity index (χ4v) is 3.02. The summed E-state index contributed by atoms with van der Waals surface area (Å²) in [7, 11) is 1.74. The van der Waals surface area contributed by atoms with Gasteiger partial charge in [0.05, 0.1) is 0 Å². The largest absolute Gasteiger partial charge is 0.444 e. The van der Waals surface area contributed by atoms with E-state index in [1.165, 1.54) is 0 Å². The minimum atomic E-state index is -0.489. The molecule has 10 heteroatoms. The predicted octanol–water partition coefficient (Wildman–Crippen LogP) is 0.678. The number of carbonyl (C=O) groups excluding carboxylic acids is 1. The van der Waals surface area contributed by atoms with Crippen LogP contribution in [0.25, 0.3) is 0 Å². The molecule has 0 atom stereocenters. The molecule has 1 aromatic rings. The topological polar surface area (TPSA) is 107 Å². The van der Waals surface area contributed by atoms with E-state index in [-0.39, 0.29) is 0 Å². The van der Waals surface area contributed by atoms with E-state index in [2.05, 4.69) is 40.7 Å². The van der Waals surface area contributed by atoms with Crippen LogP contribution >= 0.6 is 0 Å². The number of guanidine groups is 1. The van der Waals surface area contributed by atoms with Crippen molar-refractivity contribution >= 4 is 18.0 Å². The Balaban J connectivity index is 1.53. The van der Waals surface area contributed by atoms with Gasteiger partial charge in [-0.05, 0) is 39.8 Å². The van der Waals surface area contributed by atoms with Crippen molar-refractivity contribution in [3.8, 4) is 0 Å². The SMILES string of the molecule is CN=C(NCCCN1CCN(c2ncccn2)CC1)NCCNC(=O)OC(C)(C)C. The molecule has 2 heterocycles. The Kier molecular flexibility index (Phi) is 9.59. The van der Waals surface area contributed by atoms with Gasteiger partial charge in [-0.2, -0.15) is 0 Å². The summed E-state index contributed by atoms with van der Waals surface area (Å²) in [4.78, 5) is 29.2. The highest BCUT2D eigenvalue weighted by Crippen LogP contribution is 2.09. The minimum Gasteiger partial charge on any atom is -0.444 e. The zero-order chi connectivity index (χ0) is 21.8. The van der Waals surface area contributed by atoms with Crippen LogP contribution in [-0.2, 0) is 4.74 Å². The maximum Gasteiger partial charge on any atom is 0.407 e. The van der Waals surface area contributed by atoms with Crippen molar-refractivity contribution < 1.29 is 9.53 Å². The highest BCUT2D eigenvalue weighted by molar-refractivity contribution is 5.79. The molecule has 30 heavy (non-hydrogen) atoms. The van der Waals surface area contributed by atoms with Gasteiger partial charge >= 0.3 is 6.09 Å². The molecule has 0 aromatic carbocycles.